The summed E-state index contributed by atoms with van der Waals surface area (Å²) in [5.74, 6) is -0.202. The number of benzene rings is 1. The lowest BCUT2D eigenvalue weighted by Gasteiger charge is -2.15. The van der Waals surface area contributed by atoms with Crippen molar-refractivity contribution >= 4 is 33.2 Å². The predicted octanol–water partition coefficient (Wildman–Crippen LogP) is 1.52. The SMILES string of the molecule is Cc1ccc(NC(=O)N[C@@H]2CS(=O)(=O)C[C@@H]2Cl)cc1. The van der Waals surface area contributed by atoms with E-state index in [0.29, 0.717) is 5.69 Å². The summed E-state index contributed by atoms with van der Waals surface area (Å²) in [6.07, 6.45) is 0. The molecule has 2 rings (SSSR count). The molecule has 0 aromatic heterocycles. The van der Waals surface area contributed by atoms with Crippen LogP contribution in [0.2, 0.25) is 0 Å². The van der Waals surface area contributed by atoms with Crippen molar-refractivity contribution in [2.24, 2.45) is 0 Å². The maximum Gasteiger partial charge on any atom is 0.319 e. The standard InChI is InChI=1S/C12H15ClN2O3S/c1-8-2-4-9(5-3-8)14-12(16)15-11-7-19(17,18)6-10(11)13/h2-5,10-11H,6-7H2,1H3,(H2,14,15,16)/t10-,11+/m0/s1. The van der Waals surface area contributed by atoms with Gasteiger partial charge in [-0.25, -0.2) is 13.2 Å². The molecule has 1 aromatic rings. The first kappa shape index (κ1) is 14.1. The summed E-state index contributed by atoms with van der Waals surface area (Å²) in [5, 5.41) is 4.65. The number of sulfone groups is 1. The molecule has 1 aromatic carbocycles. The van der Waals surface area contributed by atoms with Crippen LogP contribution in [0, 0.1) is 6.92 Å². The Morgan fingerprint density at radius 3 is 2.42 bits per heavy atom. The van der Waals surface area contributed by atoms with Gasteiger partial charge in [0.1, 0.15) is 0 Å². The number of nitrogens with one attached hydrogen (secondary N) is 2. The third kappa shape index (κ3) is 3.84. The number of hydrogen-bond donors (Lipinski definition) is 2. The van der Waals surface area contributed by atoms with Crippen LogP contribution in [-0.4, -0.2) is 37.4 Å². The van der Waals surface area contributed by atoms with E-state index in [4.69, 9.17) is 11.6 Å². The van der Waals surface area contributed by atoms with E-state index in [1.807, 2.05) is 19.1 Å². The summed E-state index contributed by atoms with van der Waals surface area (Å²) in [5.41, 5.74) is 1.74. The van der Waals surface area contributed by atoms with Crippen LogP contribution in [-0.2, 0) is 9.84 Å². The number of halogens is 1. The maximum atomic E-state index is 11.7. The average molecular weight is 303 g/mol. The summed E-state index contributed by atoms with van der Waals surface area (Å²) in [6, 6.07) is 6.31. The second-order valence-electron chi connectivity index (χ2n) is 4.66. The van der Waals surface area contributed by atoms with E-state index in [2.05, 4.69) is 10.6 Å². The summed E-state index contributed by atoms with van der Waals surface area (Å²) in [4.78, 5) is 11.7. The molecule has 2 N–H and O–H groups in total. The molecule has 1 aliphatic heterocycles. The number of rotatable bonds is 2. The minimum atomic E-state index is -3.14. The van der Waals surface area contributed by atoms with E-state index in [9.17, 15) is 13.2 Å². The molecule has 0 bridgehead atoms. The molecule has 5 nitrogen and oxygen atoms in total. The van der Waals surface area contributed by atoms with Crippen LogP contribution >= 0.6 is 11.6 Å². The van der Waals surface area contributed by atoms with E-state index in [0.717, 1.165) is 5.56 Å². The zero-order valence-corrected chi connectivity index (χ0v) is 12.0. The van der Waals surface area contributed by atoms with Crippen molar-refractivity contribution in [2.75, 3.05) is 16.8 Å². The summed E-state index contributed by atoms with van der Waals surface area (Å²) >= 11 is 5.91. The van der Waals surface area contributed by atoms with Crippen molar-refractivity contribution in [2.45, 2.75) is 18.3 Å². The van der Waals surface area contributed by atoms with Crippen LogP contribution in [0.15, 0.2) is 24.3 Å². The molecule has 0 unspecified atom stereocenters. The smallest absolute Gasteiger partial charge is 0.319 e. The lowest BCUT2D eigenvalue weighted by atomic mass is 10.2. The predicted molar refractivity (Wildman–Crippen MR) is 75.4 cm³/mol. The highest BCUT2D eigenvalue weighted by molar-refractivity contribution is 7.91. The van der Waals surface area contributed by atoms with Gasteiger partial charge in [0.25, 0.3) is 0 Å². The maximum absolute atomic E-state index is 11.7. The molecule has 1 saturated heterocycles. The van der Waals surface area contributed by atoms with Gasteiger partial charge < -0.3 is 10.6 Å². The van der Waals surface area contributed by atoms with Crippen LogP contribution in [0.25, 0.3) is 0 Å². The Bertz CT molecular complexity index is 571. The Hall–Kier alpha value is -1.27. The number of aryl methyl sites for hydroxylation is 1. The van der Waals surface area contributed by atoms with Gasteiger partial charge in [0.2, 0.25) is 0 Å². The number of hydrogen-bond acceptors (Lipinski definition) is 3. The molecule has 0 radical (unpaired) electrons. The van der Waals surface area contributed by atoms with Crippen molar-refractivity contribution < 1.29 is 13.2 Å². The number of alkyl halides is 1. The second-order valence-corrected chi connectivity index (χ2v) is 7.38. The third-order valence-electron chi connectivity index (χ3n) is 2.91. The molecule has 0 aliphatic carbocycles. The Morgan fingerprint density at radius 2 is 1.89 bits per heavy atom. The van der Waals surface area contributed by atoms with Crippen molar-refractivity contribution in [1.82, 2.24) is 5.32 Å². The molecule has 0 spiro atoms. The van der Waals surface area contributed by atoms with E-state index >= 15 is 0 Å². The van der Waals surface area contributed by atoms with Gasteiger partial charge in [-0.15, -0.1) is 11.6 Å². The second kappa shape index (κ2) is 5.38. The zero-order valence-electron chi connectivity index (χ0n) is 10.4. The Kier molecular flexibility index (Phi) is 4.01. The quantitative estimate of drug-likeness (QED) is 0.813. The molecule has 0 saturated carbocycles. The van der Waals surface area contributed by atoms with Gasteiger partial charge in [-0.05, 0) is 19.1 Å². The minimum Gasteiger partial charge on any atom is -0.333 e. The molecular weight excluding hydrogens is 288 g/mol. The van der Waals surface area contributed by atoms with Gasteiger partial charge in [0, 0.05) is 5.69 Å². The highest BCUT2D eigenvalue weighted by Crippen LogP contribution is 2.18. The van der Waals surface area contributed by atoms with Gasteiger partial charge in [0.05, 0.1) is 22.9 Å². The molecular formula is C12H15ClN2O3S. The fraction of sp³-hybridized carbons (Fsp3) is 0.417. The normalized spacial score (nSPS) is 24.9. The number of anilines is 1. The fourth-order valence-electron chi connectivity index (χ4n) is 1.91. The molecule has 19 heavy (non-hydrogen) atoms. The molecule has 104 valence electrons. The summed E-state index contributed by atoms with van der Waals surface area (Å²) in [6.45, 7) is 1.95. The van der Waals surface area contributed by atoms with Crippen molar-refractivity contribution in [3.8, 4) is 0 Å². The first-order valence-electron chi connectivity index (χ1n) is 5.84. The molecule has 1 fully saturated rings. The highest BCUT2D eigenvalue weighted by atomic mass is 35.5. The van der Waals surface area contributed by atoms with E-state index in [1.54, 1.807) is 12.1 Å². The third-order valence-corrected chi connectivity index (χ3v) is 5.28. The minimum absolute atomic E-state index is 0.0932. The summed E-state index contributed by atoms with van der Waals surface area (Å²) < 4.78 is 22.7. The monoisotopic (exact) mass is 302 g/mol. The van der Waals surface area contributed by atoms with Crippen LogP contribution in [0.1, 0.15) is 5.56 Å². The number of amides is 2. The fourth-order valence-corrected chi connectivity index (χ4v) is 4.46. The topological polar surface area (TPSA) is 75.3 Å². The van der Waals surface area contributed by atoms with Gasteiger partial charge in [-0.1, -0.05) is 17.7 Å². The van der Waals surface area contributed by atoms with Gasteiger partial charge in [-0.2, -0.15) is 0 Å². The van der Waals surface area contributed by atoms with E-state index in [-0.39, 0.29) is 11.5 Å². The van der Waals surface area contributed by atoms with Crippen molar-refractivity contribution in [3.63, 3.8) is 0 Å². The first-order chi connectivity index (χ1) is 8.85. The zero-order chi connectivity index (χ0) is 14.0. The Balaban J connectivity index is 1.93. The van der Waals surface area contributed by atoms with E-state index in [1.165, 1.54) is 0 Å². The van der Waals surface area contributed by atoms with Crippen LogP contribution in [0.5, 0.6) is 0 Å². The molecule has 2 amide bonds. The molecule has 1 aliphatic rings. The highest BCUT2D eigenvalue weighted by Gasteiger charge is 2.37. The number of carbonyl (C=O) groups excluding carboxylic acids is 1. The molecule has 7 heteroatoms. The van der Waals surface area contributed by atoms with E-state index < -0.39 is 27.3 Å². The molecule has 2 atom stereocenters. The van der Waals surface area contributed by atoms with Gasteiger partial charge in [0.15, 0.2) is 9.84 Å². The van der Waals surface area contributed by atoms with Crippen molar-refractivity contribution in [3.05, 3.63) is 29.8 Å². The van der Waals surface area contributed by atoms with Crippen molar-refractivity contribution in [1.29, 1.82) is 0 Å². The number of carbonyl (C=O) groups is 1. The lowest BCUT2D eigenvalue weighted by molar-refractivity contribution is 0.249. The Morgan fingerprint density at radius 1 is 1.26 bits per heavy atom. The van der Waals surface area contributed by atoms with Gasteiger partial charge >= 0.3 is 6.03 Å². The first-order valence-corrected chi connectivity index (χ1v) is 8.10. The largest absolute Gasteiger partial charge is 0.333 e. The number of urea groups is 1. The van der Waals surface area contributed by atoms with Gasteiger partial charge in [-0.3, -0.25) is 0 Å². The summed E-state index contributed by atoms with van der Waals surface area (Å²) in [7, 11) is -3.14. The Labute approximate surface area is 117 Å². The van der Waals surface area contributed by atoms with Crippen LogP contribution in [0.4, 0.5) is 10.5 Å². The average Bonchev–Trinajstić information content (AvgIpc) is 2.55. The lowest BCUT2D eigenvalue weighted by Crippen LogP contribution is -2.42. The molecule has 1 heterocycles. The van der Waals surface area contributed by atoms with Crippen LogP contribution < -0.4 is 10.6 Å². The van der Waals surface area contributed by atoms with Crippen LogP contribution in [0.3, 0.4) is 0 Å².